The number of fused-ring (bicyclic) bond motifs is 1. The molecule has 2 saturated heterocycles. The van der Waals surface area contributed by atoms with Crippen molar-refractivity contribution in [2.75, 3.05) is 50.8 Å². The Bertz CT molecular complexity index is 757. The Morgan fingerprint density at radius 1 is 1.07 bits per heavy atom. The lowest BCUT2D eigenvalue weighted by Crippen LogP contribution is -2.49. The third-order valence-electron chi connectivity index (χ3n) is 5.80. The Morgan fingerprint density at radius 3 is 2.46 bits per heavy atom. The number of hydrogen-bond donors (Lipinski definition) is 0. The first kappa shape index (κ1) is 19.4. The number of imide groups is 1. The van der Waals surface area contributed by atoms with Gasteiger partial charge in [0.25, 0.3) is 11.8 Å². The summed E-state index contributed by atoms with van der Waals surface area (Å²) in [6.07, 6.45) is 1.89. The van der Waals surface area contributed by atoms with Gasteiger partial charge in [0, 0.05) is 39.3 Å². The Labute approximate surface area is 167 Å². The number of ether oxygens (including phenoxy) is 1. The maximum atomic E-state index is 13.1. The van der Waals surface area contributed by atoms with E-state index in [4.69, 9.17) is 4.74 Å². The summed E-state index contributed by atoms with van der Waals surface area (Å²) in [5.41, 5.74) is 2.30. The summed E-state index contributed by atoms with van der Waals surface area (Å²) in [5, 5.41) is 0. The number of nitrogens with zero attached hydrogens (tertiary/aromatic N) is 3. The lowest BCUT2D eigenvalue weighted by atomic mass is 9.95. The third kappa shape index (κ3) is 3.80. The van der Waals surface area contributed by atoms with Crippen LogP contribution in [0.25, 0.3) is 0 Å². The van der Waals surface area contributed by atoms with Crippen molar-refractivity contribution in [2.45, 2.75) is 39.7 Å². The summed E-state index contributed by atoms with van der Waals surface area (Å²) < 4.78 is 5.65. The first-order chi connectivity index (χ1) is 13.3. The van der Waals surface area contributed by atoms with Crippen LogP contribution in [0.4, 0.5) is 5.69 Å². The highest BCUT2D eigenvalue weighted by atomic mass is 16.5. The maximum Gasteiger partial charge on any atom is 0.263 e. The molecule has 1 unspecified atom stereocenters. The number of piperazine rings is 1. The Morgan fingerprint density at radius 2 is 1.82 bits per heavy atom. The Kier molecular flexibility index (Phi) is 5.19. The van der Waals surface area contributed by atoms with E-state index in [2.05, 4.69) is 30.6 Å². The van der Waals surface area contributed by atoms with E-state index in [1.54, 1.807) is 6.07 Å². The van der Waals surface area contributed by atoms with E-state index in [9.17, 15) is 9.59 Å². The summed E-state index contributed by atoms with van der Waals surface area (Å²) in [6.45, 7) is 12.6. The molecule has 3 aliphatic heterocycles. The van der Waals surface area contributed by atoms with Gasteiger partial charge in [-0.25, -0.2) is 0 Å². The molecule has 152 valence electrons. The maximum absolute atomic E-state index is 13.1. The number of carbonyl (C=O) groups excluding carboxylic acids is 2. The smallest absolute Gasteiger partial charge is 0.263 e. The summed E-state index contributed by atoms with van der Waals surface area (Å²) >= 11 is 0. The molecule has 0 saturated carbocycles. The van der Waals surface area contributed by atoms with Gasteiger partial charge in [-0.1, -0.05) is 26.8 Å². The van der Waals surface area contributed by atoms with Crippen LogP contribution in [-0.2, 0) is 4.74 Å². The van der Waals surface area contributed by atoms with Gasteiger partial charge in [0.2, 0.25) is 0 Å². The quantitative estimate of drug-likeness (QED) is 0.746. The molecular formula is C22H31N3O3. The predicted octanol–water partition coefficient (Wildman–Crippen LogP) is 2.63. The van der Waals surface area contributed by atoms with Crippen molar-refractivity contribution in [3.05, 3.63) is 29.3 Å². The van der Waals surface area contributed by atoms with Gasteiger partial charge < -0.3 is 9.64 Å². The number of carbonyl (C=O) groups is 2. The lowest BCUT2D eigenvalue weighted by Gasteiger charge is -2.39. The molecule has 3 aliphatic rings. The zero-order valence-corrected chi connectivity index (χ0v) is 17.2. The summed E-state index contributed by atoms with van der Waals surface area (Å²) in [6, 6.07) is 5.67. The van der Waals surface area contributed by atoms with Crippen molar-refractivity contribution in [3.8, 4) is 0 Å². The van der Waals surface area contributed by atoms with Crippen LogP contribution >= 0.6 is 0 Å². The highest BCUT2D eigenvalue weighted by molar-refractivity contribution is 6.23. The zero-order valence-electron chi connectivity index (χ0n) is 17.2. The SMILES string of the molecule is CC(C)(C)CN1CCN(c2cccc3c2C(=O)N(CC2CCCO2)C3=O)CC1. The van der Waals surface area contributed by atoms with Crippen LogP contribution in [0, 0.1) is 5.41 Å². The molecule has 0 spiro atoms. The van der Waals surface area contributed by atoms with Gasteiger partial charge in [0.1, 0.15) is 0 Å². The van der Waals surface area contributed by atoms with E-state index in [1.807, 2.05) is 12.1 Å². The molecule has 0 aliphatic carbocycles. The molecule has 1 aromatic rings. The number of hydrogen-bond acceptors (Lipinski definition) is 5. The van der Waals surface area contributed by atoms with E-state index < -0.39 is 0 Å². The molecule has 1 aromatic carbocycles. The van der Waals surface area contributed by atoms with Crippen LogP contribution in [0.1, 0.15) is 54.3 Å². The number of rotatable bonds is 4. The van der Waals surface area contributed by atoms with Crippen LogP contribution in [0.3, 0.4) is 0 Å². The van der Waals surface area contributed by atoms with E-state index in [-0.39, 0.29) is 23.3 Å². The first-order valence-corrected chi connectivity index (χ1v) is 10.4. The minimum atomic E-state index is -0.177. The van der Waals surface area contributed by atoms with E-state index in [0.29, 0.717) is 17.7 Å². The standard InChI is InChI=1S/C22H31N3O3/c1-22(2,3)15-23-9-11-24(12-10-23)18-8-4-7-17-19(18)21(27)25(20(17)26)14-16-6-5-13-28-16/h4,7-8,16H,5-6,9-15H2,1-3H3. The van der Waals surface area contributed by atoms with Crippen molar-refractivity contribution in [1.82, 2.24) is 9.80 Å². The predicted molar refractivity (Wildman–Crippen MR) is 109 cm³/mol. The highest BCUT2D eigenvalue weighted by Crippen LogP contribution is 2.33. The molecule has 4 rings (SSSR count). The molecule has 0 radical (unpaired) electrons. The van der Waals surface area contributed by atoms with Gasteiger partial charge in [-0.2, -0.15) is 0 Å². The average molecular weight is 386 g/mol. The normalized spacial score (nSPS) is 23.6. The van der Waals surface area contributed by atoms with Crippen LogP contribution in [0.2, 0.25) is 0 Å². The van der Waals surface area contributed by atoms with Gasteiger partial charge in [-0.15, -0.1) is 0 Å². The molecule has 0 aromatic heterocycles. The van der Waals surface area contributed by atoms with E-state index in [1.165, 1.54) is 4.90 Å². The molecule has 6 heteroatoms. The van der Waals surface area contributed by atoms with Crippen LogP contribution < -0.4 is 4.90 Å². The highest BCUT2D eigenvalue weighted by Gasteiger charge is 2.40. The van der Waals surface area contributed by atoms with Crippen molar-refractivity contribution in [1.29, 1.82) is 0 Å². The van der Waals surface area contributed by atoms with Crippen molar-refractivity contribution in [2.24, 2.45) is 5.41 Å². The molecule has 2 amide bonds. The summed E-state index contributed by atoms with van der Waals surface area (Å²) in [5.74, 6) is -0.341. The fourth-order valence-electron chi connectivity index (χ4n) is 4.55. The summed E-state index contributed by atoms with van der Waals surface area (Å²) in [4.78, 5) is 32.1. The number of benzene rings is 1. The fraction of sp³-hybridized carbons (Fsp3) is 0.636. The van der Waals surface area contributed by atoms with Gasteiger partial charge in [-0.05, 0) is 30.4 Å². The Balaban J connectivity index is 1.50. The zero-order chi connectivity index (χ0) is 19.9. The van der Waals surface area contributed by atoms with E-state index in [0.717, 1.165) is 57.9 Å². The van der Waals surface area contributed by atoms with Crippen molar-refractivity contribution < 1.29 is 14.3 Å². The average Bonchev–Trinajstić information content (AvgIpc) is 3.24. The van der Waals surface area contributed by atoms with Crippen LogP contribution in [0.5, 0.6) is 0 Å². The molecule has 6 nitrogen and oxygen atoms in total. The van der Waals surface area contributed by atoms with Gasteiger partial charge in [-0.3, -0.25) is 19.4 Å². The lowest BCUT2D eigenvalue weighted by molar-refractivity contribution is 0.0475. The molecule has 28 heavy (non-hydrogen) atoms. The van der Waals surface area contributed by atoms with Crippen LogP contribution in [-0.4, -0.2) is 73.6 Å². The third-order valence-corrected chi connectivity index (χ3v) is 5.80. The first-order valence-electron chi connectivity index (χ1n) is 10.4. The number of amides is 2. The van der Waals surface area contributed by atoms with Gasteiger partial charge in [0.15, 0.2) is 0 Å². The van der Waals surface area contributed by atoms with Crippen LogP contribution in [0.15, 0.2) is 18.2 Å². The monoisotopic (exact) mass is 385 g/mol. The number of anilines is 1. The largest absolute Gasteiger partial charge is 0.376 e. The van der Waals surface area contributed by atoms with E-state index >= 15 is 0 Å². The molecule has 0 N–H and O–H groups in total. The second kappa shape index (κ2) is 7.48. The van der Waals surface area contributed by atoms with Gasteiger partial charge in [0.05, 0.1) is 29.5 Å². The molecule has 0 bridgehead atoms. The fourth-order valence-corrected chi connectivity index (χ4v) is 4.55. The molecule has 2 fully saturated rings. The molecule has 1 atom stereocenters. The minimum absolute atomic E-state index is 0.0217. The minimum Gasteiger partial charge on any atom is -0.376 e. The van der Waals surface area contributed by atoms with Gasteiger partial charge >= 0.3 is 0 Å². The molecular weight excluding hydrogens is 354 g/mol. The van der Waals surface area contributed by atoms with Crippen molar-refractivity contribution in [3.63, 3.8) is 0 Å². The second-order valence-corrected chi connectivity index (χ2v) is 9.38. The van der Waals surface area contributed by atoms with Crippen molar-refractivity contribution >= 4 is 17.5 Å². The topological polar surface area (TPSA) is 53.1 Å². The molecule has 3 heterocycles. The summed E-state index contributed by atoms with van der Waals surface area (Å²) in [7, 11) is 0. The Hall–Kier alpha value is -1.92. The second-order valence-electron chi connectivity index (χ2n) is 9.38.